The second kappa shape index (κ2) is 10.5. The Bertz CT molecular complexity index is 2000. The number of ether oxygens (including phenoxy) is 1. The molecule has 230 valence electrons. The van der Waals surface area contributed by atoms with Crippen LogP contribution in [0.15, 0.2) is 12.3 Å². The molecule has 3 aromatic heterocycles. The van der Waals surface area contributed by atoms with Gasteiger partial charge in [0.1, 0.15) is 11.7 Å². The Balaban J connectivity index is 1.56. The number of esters is 1. The topological polar surface area (TPSA) is 131 Å². The van der Waals surface area contributed by atoms with Crippen molar-refractivity contribution in [3.63, 3.8) is 0 Å². The van der Waals surface area contributed by atoms with E-state index in [4.69, 9.17) is 14.5 Å². The molecule has 1 unspecified atom stereocenters. The molecule has 8 bridgehead atoms. The van der Waals surface area contributed by atoms with E-state index in [0.29, 0.717) is 5.22 Å². The fraction of sp³-hybridized carbons (Fsp3) is 0.400. The zero-order valence-electron chi connectivity index (χ0n) is 26.1. The first-order valence-corrected chi connectivity index (χ1v) is 15.5. The predicted octanol–water partition coefficient (Wildman–Crippen LogP) is 2.73. The molecule has 4 aliphatic rings. The van der Waals surface area contributed by atoms with Gasteiger partial charge in [0.25, 0.3) is 0 Å². The molecule has 44 heavy (non-hydrogen) atoms. The number of methoxy groups -OCH3 is 1. The van der Waals surface area contributed by atoms with Crippen molar-refractivity contribution < 1.29 is 24.4 Å². The van der Waals surface area contributed by atoms with Gasteiger partial charge in [-0.1, -0.05) is 26.5 Å². The van der Waals surface area contributed by atoms with Crippen LogP contribution in [0.3, 0.4) is 0 Å². The standard InChI is InChI=1S/C35H40N4O5/c1-8-19-15(3)22-12-24-17(5)21(10-11-28-43-44-28)32(38-24)30-31(35(41)42-7)34(40)29-18(6)25(39-33(29)30)14-27-20(9-2)16(4)23(37-27)13-26(19)36-22/h8,12-14,17,21,28,31-32,36-40H,1,9-11H2,2-7H3/b23-13-,24-12-,27-14-/t17-,21-,31+,32?/m0/s1. The number of aromatic nitrogens is 3. The van der Waals surface area contributed by atoms with Crippen LogP contribution in [0.4, 0.5) is 0 Å². The number of H-pyrrole nitrogens is 3. The number of hydrogen-bond donors (Lipinski definition) is 5. The minimum absolute atomic E-state index is 0.0312. The number of allylic oxidation sites excluding steroid dienone is 1. The third-order valence-electron chi connectivity index (χ3n) is 10.3. The van der Waals surface area contributed by atoms with Crippen LogP contribution >= 0.6 is 0 Å². The Morgan fingerprint density at radius 3 is 2.41 bits per heavy atom. The summed E-state index contributed by atoms with van der Waals surface area (Å²) in [6.07, 6.45) is 10.6. The third kappa shape index (κ3) is 4.24. The first-order chi connectivity index (χ1) is 21.2. The molecule has 5 N–H and O–H groups in total. The Hall–Kier alpha value is -4.21. The van der Waals surface area contributed by atoms with Gasteiger partial charge >= 0.3 is 5.97 Å². The third-order valence-corrected chi connectivity index (χ3v) is 10.3. The molecule has 6 heterocycles. The molecule has 3 aliphatic heterocycles. The summed E-state index contributed by atoms with van der Waals surface area (Å²) >= 11 is 0. The number of carbonyl (C=O) groups excluding carboxylic acids is 1. The lowest BCUT2D eigenvalue weighted by Crippen LogP contribution is -2.38. The van der Waals surface area contributed by atoms with Crippen molar-refractivity contribution in [3.05, 3.63) is 78.4 Å². The van der Waals surface area contributed by atoms with Gasteiger partial charge in [0, 0.05) is 56.6 Å². The second-order valence-corrected chi connectivity index (χ2v) is 12.5. The van der Waals surface area contributed by atoms with Crippen LogP contribution < -0.4 is 26.6 Å². The van der Waals surface area contributed by atoms with Crippen molar-refractivity contribution in [2.45, 2.75) is 66.2 Å². The minimum Gasteiger partial charge on any atom is -0.510 e. The first-order valence-electron chi connectivity index (χ1n) is 15.5. The highest BCUT2D eigenvalue weighted by Crippen LogP contribution is 2.43. The van der Waals surface area contributed by atoms with Crippen LogP contribution in [-0.4, -0.2) is 45.5 Å². The van der Waals surface area contributed by atoms with Crippen LogP contribution in [0, 0.1) is 38.5 Å². The monoisotopic (exact) mass is 596 g/mol. The molecule has 0 spiro atoms. The lowest BCUT2D eigenvalue weighted by molar-refractivity contribution is -0.142. The quantitative estimate of drug-likeness (QED) is 0.169. The molecule has 9 nitrogen and oxygen atoms in total. The zero-order chi connectivity index (χ0) is 31.0. The van der Waals surface area contributed by atoms with Crippen molar-refractivity contribution in [1.29, 1.82) is 0 Å². The Morgan fingerprint density at radius 1 is 1.00 bits per heavy atom. The van der Waals surface area contributed by atoms with Crippen molar-refractivity contribution in [2.75, 3.05) is 7.11 Å². The number of rotatable bonds is 6. The van der Waals surface area contributed by atoms with Crippen LogP contribution in [0.1, 0.15) is 71.6 Å². The zero-order valence-corrected chi connectivity index (χ0v) is 26.1. The van der Waals surface area contributed by atoms with E-state index >= 15 is 0 Å². The van der Waals surface area contributed by atoms with Crippen LogP contribution in [-0.2, 0) is 25.7 Å². The van der Waals surface area contributed by atoms with E-state index in [9.17, 15) is 9.90 Å². The van der Waals surface area contributed by atoms with Gasteiger partial charge in [0.15, 0.2) is 0 Å². The number of aromatic amines is 3. The summed E-state index contributed by atoms with van der Waals surface area (Å²) in [6, 6.07) is -0.244. The average Bonchev–Trinajstić information content (AvgIpc) is 3.37. The van der Waals surface area contributed by atoms with E-state index < -0.39 is 11.9 Å². The van der Waals surface area contributed by atoms with E-state index in [1.165, 1.54) is 18.2 Å². The van der Waals surface area contributed by atoms with Crippen LogP contribution in [0.5, 0.6) is 0 Å². The summed E-state index contributed by atoms with van der Waals surface area (Å²) in [5, 5.41) is 19.0. The predicted molar refractivity (Wildman–Crippen MR) is 169 cm³/mol. The molecular weight excluding hydrogens is 556 g/mol. The Labute approximate surface area is 255 Å². The van der Waals surface area contributed by atoms with Crippen LogP contribution in [0.25, 0.3) is 35.6 Å². The molecule has 0 radical (unpaired) electrons. The summed E-state index contributed by atoms with van der Waals surface area (Å²) in [4.78, 5) is 34.5. The van der Waals surface area contributed by atoms with Gasteiger partial charge in [0.2, 0.25) is 6.29 Å². The molecule has 9 heteroatoms. The van der Waals surface area contributed by atoms with Crippen molar-refractivity contribution >= 4 is 41.6 Å². The van der Waals surface area contributed by atoms with Gasteiger partial charge in [-0.3, -0.25) is 4.79 Å². The second-order valence-electron chi connectivity index (χ2n) is 12.5. The largest absolute Gasteiger partial charge is 0.510 e. The molecule has 1 aliphatic carbocycles. The van der Waals surface area contributed by atoms with E-state index in [2.05, 4.69) is 72.8 Å². The molecule has 0 aromatic carbocycles. The number of aliphatic hydroxyl groups excluding tert-OH is 1. The average molecular weight is 597 g/mol. The maximum absolute atomic E-state index is 13.3. The van der Waals surface area contributed by atoms with E-state index in [1.54, 1.807) is 0 Å². The molecule has 3 aromatic rings. The molecule has 2 saturated heterocycles. The highest BCUT2D eigenvalue weighted by Gasteiger charge is 2.47. The van der Waals surface area contributed by atoms with Gasteiger partial charge < -0.3 is 30.1 Å². The summed E-state index contributed by atoms with van der Waals surface area (Å²) in [6.45, 7) is 14.8. The summed E-state index contributed by atoms with van der Waals surface area (Å²) < 4.78 is 5.27. The van der Waals surface area contributed by atoms with Crippen molar-refractivity contribution in [3.8, 4) is 0 Å². The number of fused-ring (bicyclic) bond motifs is 8. The minimum atomic E-state index is -0.904. The first kappa shape index (κ1) is 28.6. The number of hydrogen-bond acceptors (Lipinski definition) is 6. The lowest BCUT2D eigenvalue weighted by atomic mass is 9.80. The van der Waals surface area contributed by atoms with E-state index in [1.807, 2.05) is 13.0 Å². The van der Waals surface area contributed by atoms with Gasteiger partial charge in [-0.05, 0) is 85.6 Å². The molecule has 0 amide bonds. The molecule has 4 atom stereocenters. The highest BCUT2D eigenvalue weighted by molar-refractivity contribution is 5.95. The van der Waals surface area contributed by atoms with Gasteiger partial charge in [-0.15, -0.1) is 0 Å². The fourth-order valence-electron chi connectivity index (χ4n) is 7.74. The lowest BCUT2D eigenvalue weighted by Gasteiger charge is -2.26. The van der Waals surface area contributed by atoms with E-state index in [-0.39, 0.29) is 29.9 Å². The van der Waals surface area contributed by atoms with E-state index in [0.717, 1.165) is 80.4 Å². The molecular formula is C35H40N4O5. The maximum Gasteiger partial charge on any atom is 0.320 e. The summed E-state index contributed by atoms with van der Waals surface area (Å²) in [5.74, 6) is -1.13. The normalized spacial score (nSPS) is 26.4. The van der Waals surface area contributed by atoms with Gasteiger partial charge in [-0.25, -0.2) is 0 Å². The SMILES string of the molecule is C=Cc1c2[nH]c(c1C)/C=C1\NC(C3=c4[nH]c(c(C)c4=C(O)[C@@H]3C(=O)OC)/C=c3\[nH]/c(c(C)c3CC)=C\2)[C@@H](CCC2OO2)[C@@H]1C. The molecule has 2 fully saturated rings. The van der Waals surface area contributed by atoms with Crippen LogP contribution in [0.2, 0.25) is 0 Å². The van der Waals surface area contributed by atoms with Gasteiger partial charge in [-0.2, -0.15) is 9.78 Å². The Kier molecular flexibility index (Phi) is 6.78. The fourth-order valence-corrected chi connectivity index (χ4v) is 7.74. The number of carbonyl (C=O) groups is 1. The summed E-state index contributed by atoms with van der Waals surface area (Å²) in [5.41, 5.74) is 10.2. The number of aliphatic hydroxyl groups is 1. The number of nitrogens with one attached hydrogen (secondary N) is 4. The summed E-state index contributed by atoms with van der Waals surface area (Å²) in [7, 11) is 1.37. The van der Waals surface area contributed by atoms with Crippen molar-refractivity contribution in [2.24, 2.45) is 17.8 Å². The Morgan fingerprint density at radius 2 is 1.73 bits per heavy atom. The van der Waals surface area contributed by atoms with Gasteiger partial charge in [0.05, 0.1) is 18.5 Å². The molecule has 0 saturated carbocycles. The smallest absolute Gasteiger partial charge is 0.320 e. The highest BCUT2D eigenvalue weighted by atomic mass is 17.4. The molecule has 7 rings (SSSR count). The van der Waals surface area contributed by atoms with Crippen molar-refractivity contribution in [1.82, 2.24) is 20.3 Å². The maximum atomic E-state index is 13.3.